The van der Waals surface area contributed by atoms with Gasteiger partial charge in [-0.1, -0.05) is 36.8 Å². The van der Waals surface area contributed by atoms with E-state index in [4.69, 9.17) is 0 Å². The van der Waals surface area contributed by atoms with Gasteiger partial charge in [-0.25, -0.2) is 0 Å². The van der Waals surface area contributed by atoms with Crippen LogP contribution < -0.4 is 5.32 Å². The van der Waals surface area contributed by atoms with Gasteiger partial charge in [-0.3, -0.25) is 4.79 Å². The van der Waals surface area contributed by atoms with E-state index in [2.05, 4.69) is 43.4 Å². The SMILES string of the molecule is CCCN(Cc1ccc(C)cc1)C(=O)CCNC. The van der Waals surface area contributed by atoms with E-state index in [1.807, 2.05) is 11.9 Å². The van der Waals surface area contributed by atoms with Crippen LogP contribution in [0, 0.1) is 6.92 Å². The molecule has 0 aliphatic heterocycles. The van der Waals surface area contributed by atoms with E-state index in [0.29, 0.717) is 6.42 Å². The molecule has 0 fully saturated rings. The third-order valence-electron chi connectivity index (χ3n) is 2.93. The Morgan fingerprint density at radius 2 is 1.94 bits per heavy atom. The molecule has 3 heteroatoms. The van der Waals surface area contributed by atoms with Crippen molar-refractivity contribution < 1.29 is 4.79 Å². The molecule has 1 rings (SSSR count). The van der Waals surface area contributed by atoms with Crippen LogP contribution in [0.5, 0.6) is 0 Å². The lowest BCUT2D eigenvalue weighted by atomic mass is 10.1. The molecule has 0 aromatic heterocycles. The van der Waals surface area contributed by atoms with Crippen molar-refractivity contribution in [1.29, 1.82) is 0 Å². The summed E-state index contributed by atoms with van der Waals surface area (Å²) in [5, 5.41) is 3.02. The second kappa shape index (κ2) is 7.88. The van der Waals surface area contributed by atoms with Crippen molar-refractivity contribution in [2.45, 2.75) is 33.2 Å². The lowest BCUT2D eigenvalue weighted by Gasteiger charge is -2.22. The van der Waals surface area contributed by atoms with Gasteiger partial charge in [0.25, 0.3) is 0 Å². The Labute approximate surface area is 110 Å². The van der Waals surface area contributed by atoms with E-state index in [1.165, 1.54) is 11.1 Å². The monoisotopic (exact) mass is 248 g/mol. The fraction of sp³-hybridized carbons (Fsp3) is 0.533. The molecule has 0 atom stereocenters. The van der Waals surface area contributed by atoms with Crippen molar-refractivity contribution >= 4 is 5.91 Å². The third kappa shape index (κ3) is 4.88. The van der Waals surface area contributed by atoms with Crippen LogP contribution in [0.3, 0.4) is 0 Å². The Hall–Kier alpha value is -1.35. The molecule has 0 unspecified atom stereocenters. The quantitative estimate of drug-likeness (QED) is 0.803. The molecule has 18 heavy (non-hydrogen) atoms. The van der Waals surface area contributed by atoms with Crippen LogP contribution in [0.4, 0.5) is 0 Å². The Morgan fingerprint density at radius 3 is 2.50 bits per heavy atom. The highest BCUT2D eigenvalue weighted by molar-refractivity contribution is 5.76. The van der Waals surface area contributed by atoms with Crippen molar-refractivity contribution in [3.8, 4) is 0 Å². The lowest BCUT2D eigenvalue weighted by Crippen LogP contribution is -2.33. The molecule has 1 aromatic carbocycles. The van der Waals surface area contributed by atoms with Crippen LogP contribution in [0.15, 0.2) is 24.3 Å². The molecular weight excluding hydrogens is 224 g/mol. The molecular formula is C15H24N2O. The number of rotatable bonds is 7. The molecule has 0 radical (unpaired) electrons. The number of nitrogens with one attached hydrogen (secondary N) is 1. The topological polar surface area (TPSA) is 32.3 Å². The summed E-state index contributed by atoms with van der Waals surface area (Å²) in [6, 6.07) is 8.39. The molecule has 0 aliphatic carbocycles. The number of nitrogens with zero attached hydrogens (tertiary/aromatic N) is 1. The molecule has 0 aliphatic rings. The van der Waals surface area contributed by atoms with Crippen molar-refractivity contribution in [3.63, 3.8) is 0 Å². The average Bonchev–Trinajstić information content (AvgIpc) is 2.38. The number of carbonyl (C=O) groups excluding carboxylic acids is 1. The summed E-state index contributed by atoms with van der Waals surface area (Å²) < 4.78 is 0. The number of hydrogen-bond donors (Lipinski definition) is 1. The van der Waals surface area contributed by atoms with Crippen LogP contribution >= 0.6 is 0 Å². The first-order chi connectivity index (χ1) is 8.67. The maximum absolute atomic E-state index is 12.0. The molecule has 0 spiro atoms. The third-order valence-corrected chi connectivity index (χ3v) is 2.93. The fourth-order valence-corrected chi connectivity index (χ4v) is 1.87. The molecule has 0 heterocycles. The smallest absolute Gasteiger partial charge is 0.224 e. The van der Waals surface area contributed by atoms with Gasteiger partial charge < -0.3 is 10.2 Å². The summed E-state index contributed by atoms with van der Waals surface area (Å²) in [7, 11) is 1.87. The van der Waals surface area contributed by atoms with E-state index in [1.54, 1.807) is 0 Å². The van der Waals surface area contributed by atoms with Gasteiger partial charge >= 0.3 is 0 Å². The largest absolute Gasteiger partial charge is 0.338 e. The zero-order valence-electron chi connectivity index (χ0n) is 11.7. The van der Waals surface area contributed by atoms with Gasteiger partial charge in [0.05, 0.1) is 0 Å². The maximum atomic E-state index is 12.0. The first-order valence-electron chi connectivity index (χ1n) is 6.65. The molecule has 1 amide bonds. The molecule has 0 bridgehead atoms. The Kier molecular flexibility index (Phi) is 6.44. The van der Waals surface area contributed by atoms with E-state index in [-0.39, 0.29) is 5.91 Å². The van der Waals surface area contributed by atoms with Gasteiger partial charge in [0.2, 0.25) is 5.91 Å². The van der Waals surface area contributed by atoms with Crippen LogP contribution in [-0.4, -0.2) is 30.9 Å². The summed E-state index contributed by atoms with van der Waals surface area (Å²) >= 11 is 0. The molecule has 3 nitrogen and oxygen atoms in total. The highest BCUT2D eigenvalue weighted by atomic mass is 16.2. The molecule has 100 valence electrons. The summed E-state index contributed by atoms with van der Waals surface area (Å²) in [4.78, 5) is 14.0. The normalized spacial score (nSPS) is 10.4. The molecule has 0 saturated carbocycles. The minimum absolute atomic E-state index is 0.228. The van der Waals surface area contributed by atoms with Crippen molar-refractivity contribution in [3.05, 3.63) is 35.4 Å². The van der Waals surface area contributed by atoms with Crippen LogP contribution in [0.2, 0.25) is 0 Å². The van der Waals surface area contributed by atoms with E-state index in [0.717, 1.165) is 26.1 Å². The molecule has 0 saturated heterocycles. The lowest BCUT2D eigenvalue weighted by molar-refractivity contribution is -0.131. The van der Waals surface area contributed by atoms with Crippen molar-refractivity contribution in [2.75, 3.05) is 20.1 Å². The van der Waals surface area contributed by atoms with Gasteiger partial charge in [-0.2, -0.15) is 0 Å². The maximum Gasteiger partial charge on any atom is 0.224 e. The Morgan fingerprint density at radius 1 is 1.28 bits per heavy atom. The standard InChI is InChI=1S/C15H24N2O/c1-4-11-17(15(18)9-10-16-3)12-14-7-5-13(2)6-8-14/h5-8,16H,4,9-12H2,1-3H3. The second-order valence-corrected chi connectivity index (χ2v) is 4.65. The molecule has 1 aromatic rings. The first-order valence-corrected chi connectivity index (χ1v) is 6.65. The van der Waals surface area contributed by atoms with E-state index < -0.39 is 0 Å². The number of aryl methyl sites for hydroxylation is 1. The van der Waals surface area contributed by atoms with Gasteiger partial charge in [0.15, 0.2) is 0 Å². The van der Waals surface area contributed by atoms with Crippen LogP contribution in [0.1, 0.15) is 30.9 Å². The highest BCUT2D eigenvalue weighted by Crippen LogP contribution is 2.08. The van der Waals surface area contributed by atoms with Gasteiger partial charge in [0, 0.05) is 26.1 Å². The summed E-state index contributed by atoms with van der Waals surface area (Å²) in [6.07, 6.45) is 1.57. The van der Waals surface area contributed by atoms with E-state index >= 15 is 0 Å². The van der Waals surface area contributed by atoms with Crippen molar-refractivity contribution in [1.82, 2.24) is 10.2 Å². The summed E-state index contributed by atoms with van der Waals surface area (Å²) in [5.41, 5.74) is 2.45. The Balaban J connectivity index is 2.61. The van der Waals surface area contributed by atoms with Crippen LogP contribution in [0.25, 0.3) is 0 Å². The Bertz CT molecular complexity index is 359. The van der Waals surface area contributed by atoms with Gasteiger partial charge in [-0.05, 0) is 26.0 Å². The second-order valence-electron chi connectivity index (χ2n) is 4.65. The number of amides is 1. The zero-order valence-corrected chi connectivity index (χ0v) is 11.7. The highest BCUT2D eigenvalue weighted by Gasteiger charge is 2.12. The minimum Gasteiger partial charge on any atom is -0.338 e. The fourth-order valence-electron chi connectivity index (χ4n) is 1.87. The average molecular weight is 248 g/mol. The van der Waals surface area contributed by atoms with Crippen LogP contribution in [-0.2, 0) is 11.3 Å². The zero-order chi connectivity index (χ0) is 13.4. The summed E-state index contributed by atoms with van der Waals surface area (Å²) in [6.45, 7) is 6.47. The number of benzene rings is 1. The van der Waals surface area contributed by atoms with E-state index in [9.17, 15) is 4.79 Å². The van der Waals surface area contributed by atoms with Gasteiger partial charge in [0.1, 0.15) is 0 Å². The number of carbonyl (C=O) groups is 1. The number of hydrogen-bond acceptors (Lipinski definition) is 2. The molecule has 1 N–H and O–H groups in total. The van der Waals surface area contributed by atoms with Crippen molar-refractivity contribution in [2.24, 2.45) is 0 Å². The minimum atomic E-state index is 0.228. The predicted octanol–water partition coefficient (Wildman–Crippen LogP) is 2.34. The van der Waals surface area contributed by atoms with Gasteiger partial charge in [-0.15, -0.1) is 0 Å². The summed E-state index contributed by atoms with van der Waals surface area (Å²) in [5.74, 6) is 0.228. The first kappa shape index (κ1) is 14.7. The predicted molar refractivity (Wildman–Crippen MR) is 75.4 cm³/mol.